The van der Waals surface area contributed by atoms with Gasteiger partial charge in [-0.05, 0) is 24.3 Å². The Labute approximate surface area is 116 Å². The Hall–Kier alpha value is -1.56. The van der Waals surface area contributed by atoms with E-state index in [0.717, 1.165) is 17.7 Å². The number of hydrogen-bond acceptors (Lipinski definition) is 3. The van der Waals surface area contributed by atoms with E-state index in [1.54, 1.807) is 23.2 Å². The summed E-state index contributed by atoms with van der Waals surface area (Å²) in [6, 6.07) is 4.12. The second kappa shape index (κ2) is 6.06. The molecular weight excluding hydrogens is 264 g/mol. The minimum atomic E-state index is -0.892. The number of hydrogen-bond donors (Lipinski definition) is 2. The molecular formula is C13H18N2O3S. The van der Waals surface area contributed by atoms with Crippen LogP contribution in [-0.2, 0) is 11.3 Å². The van der Waals surface area contributed by atoms with E-state index in [9.17, 15) is 9.59 Å². The predicted molar refractivity (Wildman–Crippen MR) is 73.1 cm³/mol. The molecule has 1 aromatic rings. The van der Waals surface area contributed by atoms with Crippen molar-refractivity contribution in [1.82, 2.24) is 10.2 Å². The fraction of sp³-hybridized carbons (Fsp3) is 0.538. The van der Waals surface area contributed by atoms with Crippen molar-refractivity contribution >= 4 is 23.3 Å². The number of carbonyl (C=O) groups excluding carboxylic acids is 1. The van der Waals surface area contributed by atoms with Crippen molar-refractivity contribution < 1.29 is 14.7 Å². The Morgan fingerprint density at radius 3 is 2.84 bits per heavy atom. The summed E-state index contributed by atoms with van der Waals surface area (Å²) in [5.74, 6) is -1.46. The van der Waals surface area contributed by atoms with E-state index in [1.807, 2.05) is 17.5 Å². The Balaban J connectivity index is 1.88. The standard InChI is InChI=1S/C13H18N2O3S/c1-9(12(16)17)7-14-13(18)15(10-4-5-10)8-11-3-2-6-19-11/h2-3,6,9-10H,4-5,7-8H2,1H3,(H,14,18)(H,16,17). The first-order valence-electron chi connectivity index (χ1n) is 6.37. The van der Waals surface area contributed by atoms with E-state index in [-0.39, 0.29) is 12.6 Å². The van der Waals surface area contributed by atoms with Gasteiger partial charge in [0.1, 0.15) is 0 Å². The van der Waals surface area contributed by atoms with Gasteiger partial charge in [0.05, 0.1) is 12.5 Å². The molecule has 1 aliphatic rings. The van der Waals surface area contributed by atoms with Gasteiger partial charge in [-0.1, -0.05) is 13.0 Å². The Morgan fingerprint density at radius 2 is 2.32 bits per heavy atom. The van der Waals surface area contributed by atoms with Gasteiger partial charge in [0.15, 0.2) is 0 Å². The van der Waals surface area contributed by atoms with Crippen molar-refractivity contribution in [1.29, 1.82) is 0 Å². The third-order valence-corrected chi connectivity index (χ3v) is 4.00. The van der Waals surface area contributed by atoms with Crippen LogP contribution in [0.3, 0.4) is 0 Å². The van der Waals surface area contributed by atoms with Crippen molar-refractivity contribution in [3.63, 3.8) is 0 Å². The number of aliphatic carboxylic acids is 1. The molecule has 1 fully saturated rings. The molecule has 2 N–H and O–H groups in total. The minimum Gasteiger partial charge on any atom is -0.481 e. The lowest BCUT2D eigenvalue weighted by molar-refractivity contribution is -0.140. The molecule has 1 heterocycles. The summed E-state index contributed by atoms with van der Waals surface area (Å²) in [4.78, 5) is 25.8. The Morgan fingerprint density at radius 1 is 1.58 bits per heavy atom. The molecule has 1 aliphatic carbocycles. The first kappa shape index (κ1) is 13.9. The molecule has 1 aromatic heterocycles. The van der Waals surface area contributed by atoms with Crippen molar-refractivity contribution in [3.05, 3.63) is 22.4 Å². The summed E-state index contributed by atoms with van der Waals surface area (Å²) in [5.41, 5.74) is 0. The third kappa shape index (κ3) is 3.96. The first-order valence-corrected chi connectivity index (χ1v) is 7.25. The highest BCUT2D eigenvalue weighted by atomic mass is 32.1. The quantitative estimate of drug-likeness (QED) is 0.840. The van der Waals surface area contributed by atoms with Crippen LogP contribution in [0.4, 0.5) is 4.79 Å². The second-order valence-corrected chi connectivity index (χ2v) is 5.90. The van der Waals surface area contributed by atoms with Gasteiger partial charge in [-0.25, -0.2) is 4.79 Å². The van der Waals surface area contributed by atoms with Crippen LogP contribution in [0.1, 0.15) is 24.6 Å². The van der Waals surface area contributed by atoms with E-state index < -0.39 is 11.9 Å². The molecule has 1 saturated carbocycles. The molecule has 19 heavy (non-hydrogen) atoms. The number of thiophene rings is 1. The predicted octanol–water partition coefficient (Wildman–Crippen LogP) is 2.14. The van der Waals surface area contributed by atoms with Crippen LogP contribution in [0.25, 0.3) is 0 Å². The number of carboxylic acid groups (broad SMARTS) is 1. The molecule has 1 atom stereocenters. The minimum absolute atomic E-state index is 0.163. The summed E-state index contributed by atoms with van der Waals surface area (Å²) in [6.45, 7) is 2.36. The van der Waals surface area contributed by atoms with Gasteiger partial charge in [0.25, 0.3) is 0 Å². The zero-order chi connectivity index (χ0) is 13.8. The molecule has 0 aliphatic heterocycles. The molecule has 0 spiro atoms. The van der Waals surface area contributed by atoms with Gasteiger partial charge >= 0.3 is 12.0 Å². The number of carboxylic acids is 1. The normalized spacial score (nSPS) is 15.8. The monoisotopic (exact) mass is 282 g/mol. The van der Waals surface area contributed by atoms with Gasteiger partial charge in [-0.3, -0.25) is 4.79 Å². The summed E-state index contributed by atoms with van der Waals surface area (Å²) in [7, 11) is 0. The van der Waals surface area contributed by atoms with Crippen LogP contribution >= 0.6 is 11.3 Å². The molecule has 5 nitrogen and oxygen atoms in total. The maximum Gasteiger partial charge on any atom is 0.318 e. The fourth-order valence-corrected chi connectivity index (χ4v) is 2.46. The summed E-state index contributed by atoms with van der Waals surface area (Å²) < 4.78 is 0. The van der Waals surface area contributed by atoms with Crippen LogP contribution < -0.4 is 5.32 Å². The number of nitrogens with zero attached hydrogens (tertiary/aromatic N) is 1. The Kier molecular flexibility index (Phi) is 4.42. The topological polar surface area (TPSA) is 69.6 Å². The summed E-state index contributed by atoms with van der Waals surface area (Å²) >= 11 is 1.63. The van der Waals surface area contributed by atoms with Gasteiger partial charge in [-0.2, -0.15) is 0 Å². The zero-order valence-electron chi connectivity index (χ0n) is 10.8. The molecule has 2 amide bonds. The molecule has 0 aromatic carbocycles. The van der Waals surface area contributed by atoms with E-state index in [2.05, 4.69) is 5.32 Å². The lowest BCUT2D eigenvalue weighted by atomic mass is 10.2. The lowest BCUT2D eigenvalue weighted by Gasteiger charge is -2.22. The smallest absolute Gasteiger partial charge is 0.318 e. The summed E-state index contributed by atoms with van der Waals surface area (Å²) in [5, 5.41) is 13.5. The highest BCUT2D eigenvalue weighted by Crippen LogP contribution is 2.29. The Bertz CT molecular complexity index is 443. The lowest BCUT2D eigenvalue weighted by Crippen LogP contribution is -2.43. The fourth-order valence-electron chi connectivity index (χ4n) is 1.75. The number of nitrogens with one attached hydrogen (secondary N) is 1. The average molecular weight is 282 g/mol. The number of rotatable bonds is 6. The van der Waals surface area contributed by atoms with Gasteiger partial charge in [0, 0.05) is 17.5 Å². The summed E-state index contributed by atoms with van der Waals surface area (Å²) in [6.07, 6.45) is 2.07. The first-order chi connectivity index (χ1) is 9.08. The van der Waals surface area contributed by atoms with Crippen LogP contribution in [0, 0.1) is 5.92 Å². The van der Waals surface area contributed by atoms with Crippen molar-refractivity contribution in [2.45, 2.75) is 32.4 Å². The zero-order valence-corrected chi connectivity index (χ0v) is 11.7. The van der Waals surface area contributed by atoms with E-state index in [1.165, 1.54) is 0 Å². The highest BCUT2D eigenvalue weighted by molar-refractivity contribution is 7.09. The SMILES string of the molecule is CC(CNC(=O)N(Cc1cccs1)C1CC1)C(=O)O. The van der Waals surface area contributed by atoms with E-state index >= 15 is 0 Å². The molecule has 6 heteroatoms. The maximum absolute atomic E-state index is 12.1. The average Bonchev–Trinajstić information content (AvgIpc) is 3.09. The largest absolute Gasteiger partial charge is 0.481 e. The molecule has 0 radical (unpaired) electrons. The molecule has 104 valence electrons. The van der Waals surface area contributed by atoms with Crippen LogP contribution in [0.2, 0.25) is 0 Å². The molecule has 1 unspecified atom stereocenters. The van der Waals surface area contributed by atoms with Crippen molar-refractivity contribution in [3.8, 4) is 0 Å². The van der Waals surface area contributed by atoms with Gasteiger partial charge < -0.3 is 15.3 Å². The van der Waals surface area contributed by atoms with E-state index in [0.29, 0.717) is 12.6 Å². The van der Waals surface area contributed by atoms with Crippen molar-refractivity contribution in [2.75, 3.05) is 6.54 Å². The van der Waals surface area contributed by atoms with Crippen LogP contribution in [-0.4, -0.2) is 34.6 Å². The number of carbonyl (C=O) groups is 2. The van der Waals surface area contributed by atoms with Crippen LogP contribution in [0.5, 0.6) is 0 Å². The number of amides is 2. The third-order valence-electron chi connectivity index (χ3n) is 3.14. The highest BCUT2D eigenvalue weighted by Gasteiger charge is 2.32. The van der Waals surface area contributed by atoms with Gasteiger partial charge in [-0.15, -0.1) is 11.3 Å². The number of urea groups is 1. The van der Waals surface area contributed by atoms with Crippen molar-refractivity contribution in [2.24, 2.45) is 5.92 Å². The molecule has 0 saturated heterocycles. The second-order valence-electron chi connectivity index (χ2n) is 4.86. The molecule has 0 bridgehead atoms. The maximum atomic E-state index is 12.1. The van der Waals surface area contributed by atoms with E-state index in [4.69, 9.17) is 5.11 Å². The van der Waals surface area contributed by atoms with Gasteiger partial charge in [0.2, 0.25) is 0 Å². The van der Waals surface area contributed by atoms with Crippen LogP contribution in [0.15, 0.2) is 17.5 Å². The molecule has 2 rings (SSSR count).